The Morgan fingerprint density at radius 2 is 1.77 bits per heavy atom. The molecule has 2 aromatic heterocycles. The standard InChI is InChI=1S/C19H20Cl2N4S/c1-11(2)17(22)18-16(7-12-3-5-23-6-4-12)19(25-24-18)26-15-9-13(20)8-14(21)10-15/h3-6,8-11,17H,7,22H2,1-2H3,(H,24,25). The fourth-order valence-electron chi connectivity index (χ4n) is 2.62. The Morgan fingerprint density at radius 1 is 1.12 bits per heavy atom. The summed E-state index contributed by atoms with van der Waals surface area (Å²) in [4.78, 5) is 5.04. The van der Waals surface area contributed by atoms with Gasteiger partial charge in [-0.2, -0.15) is 5.10 Å². The van der Waals surface area contributed by atoms with Crippen molar-refractivity contribution in [2.75, 3.05) is 0 Å². The van der Waals surface area contributed by atoms with E-state index in [0.29, 0.717) is 10.0 Å². The van der Waals surface area contributed by atoms with Crippen molar-refractivity contribution in [2.45, 2.75) is 36.2 Å². The van der Waals surface area contributed by atoms with Crippen molar-refractivity contribution in [3.05, 3.63) is 69.6 Å². The molecule has 3 N–H and O–H groups in total. The zero-order valence-corrected chi connectivity index (χ0v) is 16.9. The van der Waals surface area contributed by atoms with Crippen LogP contribution >= 0.6 is 35.0 Å². The van der Waals surface area contributed by atoms with E-state index in [-0.39, 0.29) is 12.0 Å². The quantitative estimate of drug-likeness (QED) is 0.566. The van der Waals surface area contributed by atoms with Crippen molar-refractivity contribution in [1.29, 1.82) is 0 Å². The van der Waals surface area contributed by atoms with Gasteiger partial charge in [0.1, 0.15) is 0 Å². The maximum atomic E-state index is 6.40. The number of hydrogen-bond acceptors (Lipinski definition) is 4. The highest BCUT2D eigenvalue weighted by Gasteiger charge is 2.22. The van der Waals surface area contributed by atoms with Gasteiger partial charge in [-0.15, -0.1) is 0 Å². The Balaban J connectivity index is 1.98. The number of H-pyrrole nitrogens is 1. The third kappa shape index (κ3) is 4.60. The second-order valence-corrected chi connectivity index (χ2v) is 8.38. The molecule has 3 aromatic rings. The Hall–Kier alpha value is -1.53. The fourth-order valence-corrected chi connectivity index (χ4v) is 4.27. The summed E-state index contributed by atoms with van der Waals surface area (Å²) in [6, 6.07) is 9.36. The highest BCUT2D eigenvalue weighted by atomic mass is 35.5. The van der Waals surface area contributed by atoms with Crippen LogP contribution in [0.5, 0.6) is 0 Å². The van der Waals surface area contributed by atoms with E-state index in [9.17, 15) is 0 Å². The van der Waals surface area contributed by atoms with Gasteiger partial charge in [-0.1, -0.05) is 48.8 Å². The first-order valence-corrected chi connectivity index (χ1v) is 9.87. The van der Waals surface area contributed by atoms with E-state index in [1.807, 2.05) is 24.3 Å². The van der Waals surface area contributed by atoms with Crippen LogP contribution in [0.2, 0.25) is 10.0 Å². The highest BCUT2D eigenvalue weighted by molar-refractivity contribution is 7.99. The van der Waals surface area contributed by atoms with Crippen LogP contribution in [0.15, 0.2) is 52.6 Å². The number of pyridine rings is 1. The van der Waals surface area contributed by atoms with E-state index in [4.69, 9.17) is 28.9 Å². The molecule has 0 fully saturated rings. The topological polar surface area (TPSA) is 67.6 Å². The summed E-state index contributed by atoms with van der Waals surface area (Å²) in [5.74, 6) is 0.285. The SMILES string of the molecule is CC(C)C(N)c1n[nH]c(Sc2cc(Cl)cc(Cl)c2)c1Cc1ccncc1. The molecule has 1 unspecified atom stereocenters. The maximum Gasteiger partial charge on any atom is 0.0994 e. The van der Waals surface area contributed by atoms with Gasteiger partial charge in [0, 0.05) is 39.3 Å². The largest absolute Gasteiger partial charge is 0.322 e. The molecular weight excluding hydrogens is 387 g/mol. The molecule has 0 amide bonds. The molecule has 136 valence electrons. The van der Waals surface area contributed by atoms with Gasteiger partial charge in [0.15, 0.2) is 0 Å². The molecular formula is C19H20Cl2N4S. The molecule has 0 aliphatic carbocycles. The second kappa shape index (κ2) is 8.44. The van der Waals surface area contributed by atoms with Crippen LogP contribution in [0.25, 0.3) is 0 Å². The average molecular weight is 407 g/mol. The smallest absolute Gasteiger partial charge is 0.0994 e. The molecule has 0 bridgehead atoms. The Labute approximate surface area is 167 Å². The summed E-state index contributed by atoms with van der Waals surface area (Å²) in [7, 11) is 0. The summed E-state index contributed by atoms with van der Waals surface area (Å²) in [5.41, 5.74) is 9.55. The van der Waals surface area contributed by atoms with E-state index in [0.717, 1.165) is 33.2 Å². The normalized spacial score (nSPS) is 12.5. The molecule has 26 heavy (non-hydrogen) atoms. The van der Waals surface area contributed by atoms with Gasteiger partial charge in [-0.05, 0) is 41.8 Å². The number of nitrogens with two attached hydrogens (primary N) is 1. The zero-order chi connectivity index (χ0) is 18.7. The predicted molar refractivity (Wildman–Crippen MR) is 108 cm³/mol. The molecule has 0 aliphatic rings. The van der Waals surface area contributed by atoms with Crippen LogP contribution in [0.3, 0.4) is 0 Å². The Bertz CT molecular complexity index is 860. The number of halogens is 2. The molecule has 0 saturated carbocycles. The average Bonchev–Trinajstić information content (AvgIpc) is 2.96. The summed E-state index contributed by atoms with van der Waals surface area (Å²) >= 11 is 13.8. The van der Waals surface area contributed by atoms with Gasteiger partial charge < -0.3 is 5.73 Å². The van der Waals surface area contributed by atoms with Crippen molar-refractivity contribution >= 4 is 35.0 Å². The molecule has 0 spiro atoms. The molecule has 0 aliphatic heterocycles. The first-order valence-electron chi connectivity index (χ1n) is 8.29. The van der Waals surface area contributed by atoms with Crippen LogP contribution in [-0.2, 0) is 6.42 Å². The third-order valence-electron chi connectivity index (χ3n) is 4.08. The molecule has 0 radical (unpaired) electrons. The van der Waals surface area contributed by atoms with Crippen molar-refractivity contribution in [3.8, 4) is 0 Å². The van der Waals surface area contributed by atoms with Crippen LogP contribution < -0.4 is 5.73 Å². The predicted octanol–water partition coefficient (Wildman–Crippen LogP) is 5.51. The molecule has 4 nitrogen and oxygen atoms in total. The maximum absolute atomic E-state index is 6.40. The summed E-state index contributed by atoms with van der Waals surface area (Å²) in [5, 5.41) is 9.83. The lowest BCUT2D eigenvalue weighted by atomic mass is 9.96. The first-order chi connectivity index (χ1) is 12.4. The van der Waals surface area contributed by atoms with Crippen LogP contribution in [0, 0.1) is 5.92 Å². The van der Waals surface area contributed by atoms with Gasteiger partial charge in [0.25, 0.3) is 0 Å². The molecule has 1 aromatic carbocycles. The summed E-state index contributed by atoms with van der Waals surface area (Å²) < 4.78 is 0. The lowest BCUT2D eigenvalue weighted by Crippen LogP contribution is -2.18. The van der Waals surface area contributed by atoms with Crippen molar-refractivity contribution < 1.29 is 0 Å². The fraction of sp³-hybridized carbons (Fsp3) is 0.263. The van der Waals surface area contributed by atoms with Gasteiger partial charge in [-0.25, -0.2) is 0 Å². The zero-order valence-electron chi connectivity index (χ0n) is 14.5. The Morgan fingerprint density at radius 3 is 2.38 bits per heavy atom. The lowest BCUT2D eigenvalue weighted by Gasteiger charge is -2.15. The monoisotopic (exact) mass is 406 g/mol. The molecule has 1 atom stereocenters. The van der Waals surface area contributed by atoms with Crippen LogP contribution in [0.1, 0.15) is 36.7 Å². The minimum Gasteiger partial charge on any atom is -0.322 e. The van der Waals surface area contributed by atoms with Gasteiger partial charge in [0.05, 0.1) is 16.8 Å². The number of nitrogens with one attached hydrogen (secondary N) is 1. The minimum atomic E-state index is -0.139. The van der Waals surface area contributed by atoms with E-state index >= 15 is 0 Å². The first kappa shape index (κ1) is 19.2. The number of nitrogens with zero attached hydrogens (tertiary/aromatic N) is 2. The Kier molecular flexibility index (Phi) is 6.24. The highest BCUT2D eigenvalue weighted by Crippen LogP contribution is 2.36. The second-order valence-electron chi connectivity index (χ2n) is 6.43. The molecule has 7 heteroatoms. The molecule has 3 rings (SSSR count). The summed E-state index contributed by atoms with van der Waals surface area (Å²) in [6.45, 7) is 4.19. The minimum absolute atomic E-state index is 0.139. The lowest BCUT2D eigenvalue weighted by molar-refractivity contribution is 0.499. The summed E-state index contributed by atoms with van der Waals surface area (Å²) in [6.07, 6.45) is 4.31. The van der Waals surface area contributed by atoms with E-state index < -0.39 is 0 Å². The molecule has 0 saturated heterocycles. The van der Waals surface area contributed by atoms with Gasteiger partial charge in [-0.3, -0.25) is 10.1 Å². The van der Waals surface area contributed by atoms with Gasteiger partial charge in [0.2, 0.25) is 0 Å². The van der Waals surface area contributed by atoms with E-state index in [1.54, 1.807) is 30.2 Å². The van der Waals surface area contributed by atoms with Gasteiger partial charge >= 0.3 is 0 Å². The van der Waals surface area contributed by atoms with Crippen molar-refractivity contribution in [3.63, 3.8) is 0 Å². The number of hydrogen-bond donors (Lipinski definition) is 2. The number of rotatable bonds is 6. The third-order valence-corrected chi connectivity index (χ3v) is 5.53. The van der Waals surface area contributed by atoms with Crippen LogP contribution in [-0.4, -0.2) is 15.2 Å². The van der Waals surface area contributed by atoms with Crippen molar-refractivity contribution in [1.82, 2.24) is 15.2 Å². The number of aromatic amines is 1. The van der Waals surface area contributed by atoms with E-state index in [2.05, 4.69) is 29.0 Å². The van der Waals surface area contributed by atoms with Crippen molar-refractivity contribution in [2.24, 2.45) is 11.7 Å². The van der Waals surface area contributed by atoms with Crippen LogP contribution in [0.4, 0.5) is 0 Å². The molecule has 2 heterocycles. The number of aromatic nitrogens is 3. The number of benzene rings is 1. The van der Waals surface area contributed by atoms with E-state index in [1.165, 1.54) is 0 Å².